The highest BCUT2D eigenvalue weighted by Gasteiger charge is 2.15. The minimum Gasteiger partial charge on any atom is -0.465 e. The molecule has 0 aromatic rings. The predicted octanol–water partition coefficient (Wildman–Crippen LogP) is 0.564. The lowest BCUT2D eigenvalue weighted by molar-refractivity contribution is -0.142. The Bertz CT molecular complexity index is 157. The molecule has 0 aromatic heterocycles. The predicted molar refractivity (Wildman–Crippen MR) is 50.6 cm³/mol. The van der Waals surface area contributed by atoms with E-state index in [-0.39, 0.29) is 18.1 Å². The molecule has 0 aliphatic carbocycles. The van der Waals surface area contributed by atoms with Gasteiger partial charge in [-0.3, -0.25) is 4.79 Å². The third kappa shape index (κ3) is 6.54. The first kappa shape index (κ1) is 12.4. The molecule has 1 N–H and O–H groups in total. The summed E-state index contributed by atoms with van der Waals surface area (Å²) in [6.45, 7) is 6.98. The first-order valence-electron chi connectivity index (χ1n) is 4.43. The van der Waals surface area contributed by atoms with Crippen LogP contribution in [0.3, 0.4) is 0 Å². The zero-order chi connectivity index (χ0) is 10.3. The molecular formula is C9H19NO3. The van der Waals surface area contributed by atoms with Gasteiger partial charge >= 0.3 is 5.97 Å². The maximum atomic E-state index is 10.9. The fourth-order valence-corrected chi connectivity index (χ4v) is 0.750. The van der Waals surface area contributed by atoms with Crippen LogP contribution in [0.15, 0.2) is 0 Å². The highest BCUT2D eigenvalue weighted by molar-refractivity contribution is 5.71. The molecule has 0 heterocycles. The highest BCUT2D eigenvalue weighted by Crippen LogP contribution is 2.03. The van der Waals surface area contributed by atoms with E-state index in [1.807, 2.05) is 13.8 Å². The number of ether oxygens (including phenoxy) is 2. The summed E-state index contributed by atoms with van der Waals surface area (Å²) in [5.41, 5.74) is -0.244. The third-order valence-electron chi connectivity index (χ3n) is 1.68. The molecule has 0 aromatic carbocycles. The van der Waals surface area contributed by atoms with E-state index in [9.17, 15) is 4.79 Å². The number of methoxy groups -OCH3 is 1. The van der Waals surface area contributed by atoms with Gasteiger partial charge in [0.15, 0.2) is 0 Å². The lowest BCUT2D eigenvalue weighted by Gasteiger charge is -2.22. The molecule has 0 fully saturated rings. The Morgan fingerprint density at radius 1 is 1.46 bits per heavy atom. The molecule has 0 rings (SSSR count). The fraction of sp³-hybridized carbons (Fsp3) is 0.889. The summed E-state index contributed by atoms with van der Waals surface area (Å²) in [5.74, 6) is -0.227. The smallest absolute Gasteiger partial charge is 0.319 e. The van der Waals surface area contributed by atoms with Crippen molar-refractivity contribution < 1.29 is 14.3 Å². The van der Waals surface area contributed by atoms with Crippen LogP contribution in [0.2, 0.25) is 0 Å². The Labute approximate surface area is 79.6 Å². The van der Waals surface area contributed by atoms with E-state index in [1.165, 1.54) is 0 Å². The molecular weight excluding hydrogens is 170 g/mol. The van der Waals surface area contributed by atoms with E-state index in [0.29, 0.717) is 13.2 Å². The Balaban J connectivity index is 3.50. The summed E-state index contributed by atoms with van der Waals surface area (Å²) in [5, 5.41) is 2.96. The maximum Gasteiger partial charge on any atom is 0.319 e. The van der Waals surface area contributed by atoms with Crippen LogP contribution >= 0.6 is 0 Å². The summed E-state index contributed by atoms with van der Waals surface area (Å²) in [7, 11) is 1.64. The highest BCUT2D eigenvalue weighted by atomic mass is 16.5. The van der Waals surface area contributed by atoms with Crippen molar-refractivity contribution in [3.05, 3.63) is 0 Å². The average Bonchev–Trinajstić information content (AvgIpc) is 2.05. The second-order valence-electron chi connectivity index (χ2n) is 3.37. The number of hydrogen-bond donors (Lipinski definition) is 1. The molecule has 4 nitrogen and oxygen atoms in total. The molecule has 0 unspecified atom stereocenters. The quantitative estimate of drug-likeness (QED) is 0.620. The summed E-state index contributed by atoms with van der Waals surface area (Å²) in [6, 6.07) is 0. The molecule has 0 saturated heterocycles. The van der Waals surface area contributed by atoms with Crippen molar-refractivity contribution in [2.45, 2.75) is 26.4 Å². The first-order valence-corrected chi connectivity index (χ1v) is 4.43. The Morgan fingerprint density at radius 2 is 2.08 bits per heavy atom. The van der Waals surface area contributed by atoms with Crippen molar-refractivity contribution in [3.63, 3.8) is 0 Å². The van der Waals surface area contributed by atoms with Crippen molar-refractivity contribution in [2.24, 2.45) is 0 Å². The van der Waals surface area contributed by atoms with Crippen LogP contribution < -0.4 is 5.32 Å². The standard InChI is InChI=1S/C9H19NO3/c1-5-13-8(11)6-10-7-9(2,3)12-4/h10H,5-7H2,1-4H3. The van der Waals surface area contributed by atoms with E-state index in [1.54, 1.807) is 14.0 Å². The lowest BCUT2D eigenvalue weighted by Crippen LogP contribution is -2.39. The number of carbonyl (C=O) groups is 1. The number of hydrogen-bond acceptors (Lipinski definition) is 4. The minimum atomic E-state index is -0.244. The molecule has 0 aliphatic heterocycles. The van der Waals surface area contributed by atoms with E-state index in [4.69, 9.17) is 9.47 Å². The van der Waals surface area contributed by atoms with E-state index < -0.39 is 0 Å². The van der Waals surface area contributed by atoms with Crippen LogP contribution in [0.5, 0.6) is 0 Å². The van der Waals surface area contributed by atoms with Crippen molar-refractivity contribution >= 4 is 5.97 Å². The van der Waals surface area contributed by atoms with Gasteiger partial charge in [0.2, 0.25) is 0 Å². The van der Waals surface area contributed by atoms with Crippen LogP contribution in [0.1, 0.15) is 20.8 Å². The van der Waals surface area contributed by atoms with E-state index >= 15 is 0 Å². The topological polar surface area (TPSA) is 47.6 Å². The van der Waals surface area contributed by atoms with Gasteiger partial charge in [0.25, 0.3) is 0 Å². The van der Waals surface area contributed by atoms with Gasteiger partial charge in [-0.15, -0.1) is 0 Å². The zero-order valence-corrected chi connectivity index (χ0v) is 8.85. The summed E-state index contributed by atoms with van der Waals surface area (Å²) in [6.07, 6.45) is 0. The number of esters is 1. The summed E-state index contributed by atoms with van der Waals surface area (Å²) in [4.78, 5) is 10.9. The summed E-state index contributed by atoms with van der Waals surface area (Å²) >= 11 is 0. The normalized spacial score (nSPS) is 11.4. The van der Waals surface area contributed by atoms with Gasteiger partial charge in [-0.25, -0.2) is 0 Å². The van der Waals surface area contributed by atoms with E-state index in [0.717, 1.165) is 0 Å². The van der Waals surface area contributed by atoms with Crippen molar-refractivity contribution in [1.82, 2.24) is 5.32 Å². The second kappa shape index (κ2) is 5.94. The largest absolute Gasteiger partial charge is 0.465 e. The molecule has 0 atom stereocenters. The van der Waals surface area contributed by atoms with Gasteiger partial charge in [-0.05, 0) is 20.8 Å². The molecule has 78 valence electrons. The van der Waals surface area contributed by atoms with Crippen molar-refractivity contribution in [2.75, 3.05) is 26.8 Å². The zero-order valence-electron chi connectivity index (χ0n) is 8.85. The average molecular weight is 189 g/mol. The van der Waals surface area contributed by atoms with Crippen LogP contribution in [0, 0.1) is 0 Å². The molecule has 0 amide bonds. The molecule has 0 aliphatic rings. The first-order chi connectivity index (χ1) is 6.02. The monoisotopic (exact) mass is 189 g/mol. The lowest BCUT2D eigenvalue weighted by atomic mass is 10.1. The van der Waals surface area contributed by atoms with Crippen LogP contribution in [0.25, 0.3) is 0 Å². The van der Waals surface area contributed by atoms with Gasteiger partial charge in [0.1, 0.15) is 0 Å². The van der Waals surface area contributed by atoms with Gasteiger partial charge < -0.3 is 14.8 Å². The minimum absolute atomic E-state index is 0.227. The fourth-order valence-electron chi connectivity index (χ4n) is 0.750. The van der Waals surface area contributed by atoms with Gasteiger partial charge in [0, 0.05) is 13.7 Å². The van der Waals surface area contributed by atoms with E-state index in [2.05, 4.69) is 5.32 Å². The van der Waals surface area contributed by atoms with Gasteiger partial charge in [-0.1, -0.05) is 0 Å². The maximum absolute atomic E-state index is 10.9. The molecule has 0 saturated carbocycles. The Hall–Kier alpha value is -0.610. The molecule has 0 bridgehead atoms. The SMILES string of the molecule is CCOC(=O)CNCC(C)(C)OC. The molecule has 13 heavy (non-hydrogen) atoms. The summed E-state index contributed by atoms with van der Waals surface area (Å²) < 4.78 is 9.91. The number of rotatable bonds is 6. The molecule has 0 spiro atoms. The van der Waals surface area contributed by atoms with Crippen LogP contribution in [-0.2, 0) is 14.3 Å². The third-order valence-corrected chi connectivity index (χ3v) is 1.68. The van der Waals surface area contributed by atoms with Gasteiger partial charge in [0.05, 0.1) is 18.8 Å². The molecule has 4 heteroatoms. The van der Waals surface area contributed by atoms with Gasteiger partial charge in [-0.2, -0.15) is 0 Å². The number of nitrogens with one attached hydrogen (secondary N) is 1. The van der Waals surface area contributed by atoms with Crippen molar-refractivity contribution in [3.8, 4) is 0 Å². The second-order valence-corrected chi connectivity index (χ2v) is 3.37. The Kier molecular flexibility index (Phi) is 5.66. The molecule has 0 radical (unpaired) electrons. The van der Waals surface area contributed by atoms with Crippen LogP contribution in [0.4, 0.5) is 0 Å². The number of carbonyl (C=O) groups excluding carboxylic acids is 1. The van der Waals surface area contributed by atoms with Crippen molar-refractivity contribution in [1.29, 1.82) is 0 Å². The Morgan fingerprint density at radius 3 is 2.54 bits per heavy atom. The van der Waals surface area contributed by atoms with Crippen LogP contribution in [-0.4, -0.2) is 38.4 Å².